The van der Waals surface area contributed by atoms with E-state index in [1.807, 2.05) is 12.3 Å². The summed E-state index contributed by atoms with van der Waals surface area (Å²) in [4.78, 5) is 10.4. The first-order valence-corrected chi connectivity index (χ1v) is 7.39. The molecule has 18 heavy (non-hydrogen) atoms. The third-order valence-corrected chi connectivity index (χ3v) is 4.24. The van der Waals surface area contributed by atoms with Gasteiger partial charge in [0.05, 0.1) is 4.88 Å². The minimum atomic E-state index is 0.441. The molecule has 0 bridgehead atoms. The van der Waals surface area contributed by atoms with Crippen LogP contribution in [-0.4, -0.2) is 16.5 Å². The molecule has 4 heteroatoms. The van der Waals surface area contributed by atoms with Crippen LogP contribution in [0.4, 0.5) is 0 Å². The lowest BCUT2D eigenvalue weighted by Crippen LogP contribution is -2.25. The van der Waals surface area contributed by atoms with Crippen LogP contribution in [-0.2, 0) is 6.42 Å². The van der Waals surface area contributed by atoms with E-state index in [0.717, 1.165) is 23.7 Å². The lowest BCUT2D eigenvalue weighted by Gasteiger charge is -2.25. The number of nitrogens with zero attached hydrogens (tertiary/aromatic N) is 2. The first-order valence-electron chi connectivity index (χ1n) is 6.51. The molecule has 0 aromatic carbocycles. The molecule has 0 spiro atoms. The quantitative estimate of drug-likeness (QED) is 0.920. The minimum absolute atomic E-state index is 0.441. The zero-order valence-corrected chi connectivity index (χ0v) is 11.3. The fraction of sp³-hybridized carbons (Fsp3) is 0.429. The highest BCUT2D eigenvalue weighted by Gasteiger charge is 2.21. The topological polar surface area (TPSA) is 37.8 Å². The zero-order valence-electron chi connectivity index (χ0n) is 10.5. The van der Waals surface area contributed by atoms with Gasteiger partial charge in [-0.1, -0.05) is 13.0 Å². The molecule has 3 rings (SSSR count). The first-order chi connectivity index (χ1) is 8.88. The number of thiophene rings is 1. The van der Waals surface area contributed by atoms with Gasteiger partial charge in [-0.15, -0.1) is 11.3 Å². The lowest BCUT2D eigenvalue weighted by atomic mass is 9.92. The van der Waals surface area contributed by atoms with Crippen molar-refractivity contribution < 1.29 is 0 Å². The number of hydrogen-bond acceptors (Lipinski definition) is 4. The fourth-order valence-corrected chi connectivity index (χ4v) is 3.19. The Morgan fingerprint density at radius 2 is 2.44 bits per heavy atom. The molecule has 1 atom stereocenters. The van der Waals surface area contributed by atoms with Gasteiger partial charge in [-0.3, -0.25) is 0 Å². The van der Waals surface area contributed by atoms with Crippen molar-refractivity contribution in [3.8, 4) is 10.7 Å². The van der Waals surface area contributed by atoms with Crippen molar-refractivity contribution in [2.75, 3.05) is 6.54 Å². The third kappa shape index (κ3) is 2.18. The summed E-state index contributed by atoms with van der Waals surface area (Å²) in [6, 6.07) is 4.57. The van der Waals surface area contributed by atoms with Crippen molar-refractivity contribution in [1.29, 1.82) is 0 Å². The molecular formula is C14H17N3S. The van der Waals surface area contributed by atoms with Crippen molar-refractivity contribution in [3.63, 3.8) is 0 Å². The van der Waals surface area contributed by atoms with E-state index in [4.69, 9.17) is 4.98 Å². The highest BCUT2D eigenvalue weighted by atomic mass is 32.1. The summed E-state index contributed by atoms with van der Waals surface area (Å²) in [6.45, 7) is 3.14. The molecule has 2 heterocycles. The van der Waals surface area contributed by atoms with Crippen LogP contribution in [0.5, 0.6) is 0 Å². The average Bonchev–Trinajstić information content (AvgIpc) is 2.93. The second kappa shape index (κ2) is 5.16. The van der Waals surface area contributed by atoms with Crippen molar-refractivity contribution in [3.05, 3.63) is 35.0 Å². The maximum Gasteiger partial charge on any atom is 0.169 e. The molecule has 2 aromatic rings. The first kappa shape index (κ1) is 11.8. The molecule has 0 aliphatic heterocycles. The number of aryl methyl sites for hydroxylation is 1. The summed E-state index contributed by atoms with van der Waals surface area (Å²) < 4.78 is 0. The van der Waals surface area contributed by atoms with Crippen molar-refractivity contribution >= 4 is 11.3 Å². The maximum atomic E-state index is 4.75. The molecule has 1 aliphatic rings. The van der Waals surface area contributed by atoms with Crippen molar-refractivity contribution in [1.82, 2.24) is 15.3 Å². The standard InChI is InChI=1S/C14H17N3S/c1-2-15-11-5-3-6-12-10(11)9-16-14(17-12)13-7-4-8-18-13/h4,7-9,11,15H,2-3,5-6H2,1H3. The van der Waals surface area contributed by atoms with Gasteiger partial charge in [0.15, 0.2) is 5.82 Å². The second-order valence-electron chi connectivity index (χ2n) is 4.58. The molecule has 0 saturated carbocycles. The van der Waals surface area contributed by atoms with E-state index >= 15 is 0 Å². The second-order valence-corrected chi connectivity index (χ2v) is 5.52. The predicted molar refractivity (Wildman–Crippen MR) is 74.7 cm³/mol. The Balaban J connectivity index is 1.95. The molecular weight excluding hydrogens is 242 g/mol. The van der Waals surface area contributed by atoms with Crippen LogP contribution in [0.25, 0.3) is 10.7 Å². The summed E-state index contributed by atoms with van der Waals surface area (Å²) in [5.74, 6) is 0.876. The van der Waals surface area contributed by atoms with Gasteiger partial charge in [0.25, 0.3) is 0 Å². The van der Waals surface area contributed by atoms with E-state index in [1.54, 1.807) is 11.3 Å². The van der Waals surface area contributed by atoms with E-state index in [0.29, 0.717) is 6.04 Å². The van der Waals surface area contributed by atoms with Crippen LogP contribution in [0, 0.1) is 0 Å². The number of rotatable bonds is 3. The van der Waals surface area contributed by atoms with Crippen LogP contribution in [0.2, 0.25) is 0 Å². The Labute approximate surface area is 111 Å². The van der Waals surface area contributed by atoms with Gasteiger partial charge in [0, 0.05) is 23.5 Å². The average molecular weight is 259 g/mol. The van der Waals surface area contributed by atoms with Gasteiger partial charge >= 0.3 is 0 Å². The van der Waals surface area contributed by atoms with Crippen molar-refractivity contribution in [2.45, 2.75) is 32.2 Å². The fourth-order valence-electron chi connectivity index (χ4n) is 2.53. The van der Waals surface area contributed by atoms with Crippen LogP contribution in [0.1, 0.15) is 37.1 Å². The van der Waals surface area contributed by atoms with E-state index < -0.39 is 0 Å². The molecule has 0 fully saturated rings. The summed E-state index contributed by atoms with van der Waals surface area (Å²) in [7, 11) is 0. The number of aromatic nitrogens is 2. The monoisotopic (exact) mass is 259 g/mol. The van der Waals surface area contributed by atoms with E-state index in [1.165, 1.54) is 24.1 Å². The summed E-state index contributed by atoms with van der Waals surface area (Å²) in [5, 5.41) is 5.59. The molecule has 94 valence electrons. The van der Waals surface area contributed by atoms with E-state index in [9.17, 15) is 0 Å². The minimum Gasteiger partial charge on any atom is -0.310 e. The molecule has 3 nitrogen and oxygen atoms in total. The molecule has 1 aliphatic carbocycles. The van der Waals surface area contributed by atoms with Crippen LogP contribution < -0.4 is 5.32 Å². The molecule has 0 saturated heterocycles. The zero-order chi connectivity index (χ0) is 12.4. The molecule has 1 unspecified atom stereocenters. The van der Waals surface area contributed by atoms with Gasteiger partial charge in [0.1, 0.15) is 0 Å². The Hall–Kier alpha value is -1.26. The van der Waals surface area contributed by atoms with Gasteiger partial charge in [-0.25, -0.2) is 9.97 Å². The summed E-state index contributed by atoms with van der Waals surface area (Å²) >= 11 is 1.70. The lowest BCUT2D eigenvalue weighted by molar-refractivity contribution is 0.464. The molecule has 0 radical (unpaired) electrons. The Morgan fingerprint density at radius 1 is 1.50 bits per heavy atom. The predicted octanol–water partition coefficient (Wildman–Crippen LogP) is 3.19. The Morgan fingerprint density at radius 3 is 3.22 bits per heavy atom. The largest absolute Gasteiger partial charge is 0.310 e. The Kier molecular flexibility index (Phi) is 3.39. The SMILES string of the molecule is CCNC1CCCc2nc(-c3cccs3)ncc21. The Bertz CT molecular complexity index is 522. The number of fused-ring (bicyclic) bond motifs is 1. The highest BCUT2D eigenvalue weighted by molar-refractivity contribution is 7.13. The van der Waals surface area contributed by atoms with Gasteiger partial charge in [-0.05, 0) is 37.3 Å². The van der Waals surface area contributed by atoms with Gasteiger partial charge in [0.2, 0.25) is 0 Å². The van der Waals surface area contributed by atoms with E-state index in [2.05, 4.69) is 28.7 Å². The molecule has 0 amide bonds. The number of nitrogens with one attached hydrogen (secondary N) is 1. The molecule has 1 N–H and O–H groups in total. The molecule has 2 aromatic heterocycles. The van der Waals surface area contributed by atoms with Crippen LogP contribution in [0.15, 0.2) is 23.7 Å². The number of hydrogen-bond donors (Lipinski definition) is 1. The van der Waals surface area contributed by atoms with Gasteiger partial charge < -0.3 is 5.32 Å². The van der Waals surface area contributed by atoms with Crippen LogP contribution >= 0.6 is 11.3 Å². The highest BCUT2D eigenvalue weighted by Crippen LogP contribution is 2.30. The summed E-state index contributed by atoms with van der Waals surface area (Å²) in [5.41, 5.74) is 2.52. The van der Waals surface area contributed by atoms with Gasteiger partial charge in [-0.2, -0.15) is 0 Å². The van der Waals surface area contributed by atoms with Crippen molar-refractivity contribution in [2.24, 2.45) is 0 Å². The maximum absolute atomic E-state index is 4.75. The van der Waals surface area contributed by atoms with Crippen LogP contribution in [0.3, 0.4) is 0 Å². The summed E-state index contributed by atoms with van der Waals surface area (Å²) in [6.07, 6.45) is 5.51. The third-order valence-electron chi connectivity index (χ3n) is 3.37. The van der Waals surface area contributed by atoms with E-state index in [-0.39, 0.29) is 0 Å². The normalized spacial score (nSPS) is 18.6. The smallest absolute Gasteiger partial charge is 0.169 e.